The fourth-order valence-corrected chi connectivity index (χ4v) is 3.54. The first-order chi connectivity index (χ1) is 14.1. The summed E-state index contributed by atoms with van der Waals surface area (Å²) in [5.74, 6) is -0.958. The molecule has 0 aromatic heterocycles. The minimum Gasteiger partial charge on any atom is -0.507 e. The van der Waals surface area contributed by atoms with E-state index in [0.29, 0.717) is 17.0 Å². The Labute approximate surface area is 168 Å². The molecule has 0 spiro atoms. The Hall–Kier alpha value is -3.86. The van der Waals surface area contributed by atoms with Gasteiger partial charge >= 0.3 is 0 Å². The van der Waals surface area contributed by atoms with Crippen LogP contribution in [0.25, 0.3) is 5.76 Å². The third-order valence-electron chi connectivity index (χ3n) is 4.96. The zero-order chi connectivity index (χ0) is 20.4. The summed E-state index contributed by atoms with van der Waals surface area (Å²) in [6.07, 6.45) is 0. The third-order valence-corrected chi connectivity index (χ3v) is 4.96. The van der Waals surface area contributed by atoms with Crippen LogP contribution in [0.15, 0.2) is 90.5 Å². The highest BCUT2D eigenvalue weighted by molar-refractivity contribution is 6.51. The molecular weight excluding hydrogens is 366 g/mol. The summed E-state index contributed by atoms with van der Waals surface area (Å²) in [5.41, 5.74) is 1.84. The maximum Gasteiger partial charge on any atom is 0.300 e. The lowest BCUT2D eigenvalue weighted by Gasteiger charge is -2.25. The van der Waals surface area contributed by atoms with Gasteiger partial charge in [0.25, 0.3) is 11.7 Å². The molecule has 1 heterocycles. The number of anilines is 1. The van der Waals surface area contributed by atoms with Crippen molar-refractivity contribution in [2.24, 2.45) is 0 Å². The summed E-state index contributed by atoms with van der Waals surface area (Å²) < 4.78 is 5.15. The maximum absolute atomic E-state index is 13.0. The zero-order valence-electron chi connectivity index (χ0n) is 15.8. The van der Waals surface area contributed by atoms with Crippen molar-refractivity contribution < 1.29 is 19.4 Å². The van der Waals surface area contributed by atoms with Gasteiger partial charge in [-0.05, 0) is 42.0 Å². The van der Waals surface area contributed by atoms with Crippen molar-refractivity contribution in [2.45, 2.75) is 6.04 Å². The lowest BCUT2D eigenvalue weighted by Crippen LogP contribution is -2.29. The van der Waals surface area contributed by atoms with Gasteiger partial charge in [0.1, 0.15) is 11.5 Å². The summed E-state index contributed by atoms with van der Waals surface area (Å²) in [6, 6.07) is 24.2. The molecule has 3 aromatic carbocycles. The first kappa shape index (κ1) is 18.5. The van der Waals surface area contributed by atoms with Gasteiger partial charge in [-0.25, -0.2) is 0 Å². The van der Waals surface area contributed by atoms with Gasteiger partial charge in [0.05, 0.1) is 18.7 Å². The number of ketones is 1. The molecule has 1 saturated heterocycles. The van der Waals surface area contributed by atoms with Crippen molar-refractivity contribution in [1.29, 1.82) is 0 Å². The number of para-hydroxylation sites is 1. The standard InChI is InChI=1S/C24H19NO4/c1-29-19-14-12-17(13-15-19)22(26)20-21(16-8-4-2-5-9-16)25(24(28)23(20)27)18-10-6-3-7-11-18/h2-15,21,26H,1H3/b22-20+. The van der Waals surface area contributed by atoms with Gasteiger partial charge in [-0.2, -0.15) is 0 Å². The number of carbonyl (C=O) groups is 2. The lowest BCUT2D eigenvalue weighted by molar-refractivity contribution is -0.132. The van der Waals surface area contributed by atoms with E-state index in [1.807, 2.05) is 36.4 Å². The van der Waals surface area contributed by atoms with Crippen LogP contribution in [0.2, 0.25) is 0 Å². The molecule has 3 aromatic rings. The first-order valence-corrected chi connectivity index (χ1v) is 9.17. The molecule has 1 atom stereocenters. The number of aliphatic hydroxyl groups excluding tert-OH is 1. The number of methoxy groups -OCH3 is 1. The fraction of sp³-hybridized carbons (Fsp3) is 0.0833. The first-order valence-electron chi connectivity index (χ1n) is 9.17. The van der Waals surface area contributed by atoms with Crippen LogP contribution in [0, 0.1) is 0 Å². The monoisotopic (exact) mass is 385 g/mol. The molecule has 0 bridgehead atoms. The zero-order valence-corrected chi connectivity index (χ0v) is 15.8. The molecule has 1 aliphatic heterocycles. The summed E-state index contributed by atoms with van der Waals surface area (Å²) in [4.78, 5) is 27.4. The molecule has 0 aliphatic carbocycles. The summed E-state index contributed by atoms with van der Waals surface area (Å²) >= 11 is 0. The molecule has 1 fully saturated rings. The van der Waals surface area contributed by atoms with Crippen molar-refractivity contribution >= 4 is 23.1 Å². The third kappa shape index (κ3) is 3.27. The quantitative estimate of drug-likeness (QED) is 0.413. The second-order valence-electron chi connectivity index (χ2n) is 6.64. The Bertz CT molecular complexity index is 1070. The minimum atomic E-state index is -0.722. The van der Waals surface area contributed by atoms with Gasteiger partial charge in [-0.1, -0.05) is 48.5 Å². The van der Waals surface area contributed by atoms with Crippen LogP contribution in [-0.4, -0.2) is 23.9 Å². The molecule has 1 N–H and O–H groups in total. The molecule has 144 valence electrons. The van der Waals surface area contributed by atoms with Crippen LogP contribution in [0.1, 0.15) is 17.2 Å². The Balaban J connectivity index is 1.91. The highest BCUT2D eigenvalue weighted by Crippen LogP contribution is 2.42. The van der Waals surface area contributed by atoms with E-state index in [1.165, 1.54) is 4.90 Å². The Morgan fingerprint density at radius 1 is 0.862 bits per heavy atom. The van der Waals surface area contributed by atoms with Gasteiger partial charge in [-0.15, -0.1) is 0 Å². The van der Waals surface area contributed by atoms with Gasteiger partial charge in [-0.3, -0.25) is 14.5 Å². The number of ether oxygens (including phenoxy) is 1. The minimum absolute atomic E-state index is 0.0650. The van der Waals surface area contributed by atoms with Gasteiger partial charge in [0.2, 0.25) is 0 Å². The molecule has 4 rings (SSSR count). The van der Waals surface area contributed by atoms with Crippen LogP contribution in [-0.2, 0) is 9.59 Å². The topological polar surface area (TPSA) is 66.8 Å². The lowest BCUT2D eigenvalue weighted by atomic mass is 9.95. The Morgan fingerprint density at radius 3 is 2.03 bits per heavy atom. The second-order valence-corrected chi connectivity index (χ2v) is 6.64. The summed E-state index contributed by atoms with van der Waals surface area (Å²) in [7, 11) is 1.55. The van der Waals surface area contributed by atoms with Crippen LogP contribution in [0.5, 0.6) is 5.75 Å². The van der Waals surface area contributed by atoms with Crippen LogP contribution in [0.4, 0.5) is 5.69 Å². The SMILES string of the molecule is COc1ccc(/C(O)=C2\C(=O)C(=O)N(c3ccccc3)C2c2ccccc2)cc1. The number of hydrogen-bond acceptors (Lipinski definition) is 4. The van der Waals surface area contributed by atoms with E-state index in [-0.39, 0.29) is 11.3 Å². The fourth-order valence-electron chi connectivity index (χ4n) is 3.54. The number of rotatable bonds is 4. The number of nitrogens with zero attached hydrogens (tertiary/aromatic N) is 1. The van der Waals surface area contributed by atoms with E-state index >= 15 is 0 Å². The molecule has 5 nitrogen and oxygen atoms in total. The molecular formula is C24H19NO4. The molecule has 0 radical (unpaired) electrons. The van der Waals surface area contributed by atoms with Gasteiger partial charge < -0.3 is 9.84 Å². The van der Waals surface area contributed by atoms with E-state index in [4.69, 9.17) is 4.74 Å². The summed E-state index contributed by atoms with van der Waals surface area (Å²) in [5, 5.41) is 11.0. The molecule has 1 aliphatic rings. The molecule has 29 heavy (non-hydrogen) atoms. The highest BCUT2D eigenvalue weighted by atomic mass is 16.5. The van der Waals surface area contributed by atoms with E-state index in [1.54, 1.807) is 55.6 Å². The average Bonchev–Trinajstić information content (AvgIpc) is 3.05. The van der Waals surface area contributed by atoms with E-state index < -0.39 is 17.7 Å². The number of benzene rings is 3. The van der Waals surface area contributed by atoms with Crippen molar-refractivity contribution in [1.82, 2.24) is 0 Å². The van der Waals surface area contributed by atoms with Crippen molar-refractivity contribution in [3.05, 3.63) is 102 Å². The smallest absolute Gasteiger partial charge is 0.300 e. The molecule has 1 amide bonds. The van der Waals surface area contributed by atoms with Crippen molar-refractivity contribution in [3.63, 3.8) is 0 Å². The van der Waals surface area contributed by atoms with E-state index in [9.17, 15) is 14.7 Å². The number of carbonyl (C=O) groups excluding carboxylic acids is 2. The number of hydrogen-bond donors (Lipinski definition) is 1. The van der Waals surface area contributed by atoms with Crippen LogP contribution in [0.3, 0.4) is 0 Å². The highest BCUT2D eigenvalue weighted by Gasteiger charge is 2.46. The predicted octanol–water partition coefficient (Wildman–Crippen LogP) is 4.32. The van der Waals surface area contributed by atoms with E-state index in [2.05, 4.69) is 0 Å². The number of aliphatic hydroxyl groups is 1. The maximum atomic E-state index is 13.0. The Kier molecular flexibility index (Phi) is 4.87. The van der Waals surface area contributed by atoms with Crippen molar-refractivity contribution in [2.75, 3.05) is 12.0 Å². The van der Waals surface area contributed by atoms with Crippen LogP contribution >= 0.6 is 0 Å². The molecule has 1 unspecified atom stereocenters. The Morgan fingerprint density at radius 2 is 1.45 bits per heavy atom. The normalized spacial score (nSPS) is 18.1. The molecule has 0 saturated carbocycles. The number of Topliss-reactive ketones (excluding diaryl/α,β-unsaturated/α-hetero) is 1. The second kappa shape index (κ2) is 7.64. The van der Waals surface area contributed by atoms with Gasteiger partial charge in [0, 0.05) is 11.3 Å². The number of amides is 1. The predicted molar refractivity (Wildman–Crippen MR) is 111 cm³/mol. The van der Waals surface area contributed by atoms with E-state index in [0.717, 1.165) is 5.56 Å². The largest absolute Gasteiger partial charge is 0.507 e. The average molecular weight is 385 g/mol. The summed E-state index contributed by atoms with van der Waals surface area (Å²) in [6.45, 7) is 0. The van der Waals surface area contributed by atoms with Crippen molar-refractivity contribution in [3.8, 4) is 5.75 Å². The molecule has 5 heteroatoms. The van der Waals surface area contributed by atoms with Gasteiger partial charge in [0.15, 0.2) is 0 Å². The van der Waals surface area contributed by atoms with Crippen LogP contribution < -0.4 is 9.64 Å².